The van der Waals surface area contributed by atoms with Gasteiger partial charge in [0.2, 0.25) is 16.9 Å². The van der Waals surface area contributed by atoms with Crippen LogP contribution in [0.2, 0.25) is 0 Å². The Labute approximate surface area is 181 Å². The van der Waals surface area contributed by atoms with Crippen LogP contribution in [-0.2, 0) is 16.1 Å². The molecule has 10 heteroatoms. The van der Waals surface area contributed by atoms with Crippen molar-refractivity contribution in [2.24, 2.45) is 5.73 Å². The van der Waals surface area contributed by atoms with Gasteiger partial charge in [-0.1, -0.05) is 59.5 Å². The minimum Gasteiger partial charge on any atom is -0.370 e. The molecule has 0 bridgehead atoms. The Morgan fingerprint density at radius 1 is 1.13 bits per heavy atom. The Morgan fingerprint density at radius 3 is 2.67 bits per heavy atom. The second kappa shape index (κ2) is 10.7. The molecule has 0 fully saturated rings. The minimum atomic E-state index is -0.453. The zero-order valence-corrected chi connectivity index (χ0v) is 17.6. The molecule has 2 aromatic carbocycles. The normalized spacial score (nSPS) is 10.6. The second-order valence-corrected chi connectivity index (χ2v) is 8.51. The number of carbonyl (C=O) groups is 2. The smallest absolute Gasteiger partial charge is 0.233 e. The van der Waals surface area contributed by atoms with Crippen molar-refractivity contribution in [3.8, 4) is 0 Å². The lowest BCUT2D eigenvalue weighted by Crippen LogP contribution is -2.34. The van der Waals surface area contributed by atoms with Crippen molar-refractivity contribution >= 4 is 45.7 Å². The maximum absolute atomic E-state index is 13.3. The Morgan fingerprint density at radius 2 is 1.93 bits per heavy atom. The van der Waals surface area contributed by atoms with E-state index < -0.39 is 5.91 Å². The fourth-order valence-electron chi connectivity index (χ4n) is 2.56. The summed E-state index contributed by atoms with van der Waals surface area (Å²) in [5.74, 6) is -0.773. The highest BCUT2D eigenvalue weighted by molar-refractivity contribution is 8.01. The fourth-order valence-corrected chi connectivity index (χ4v) is 4.24. The molecule has 0 aliphatic carbocycles. The van der Waals surface area contributed by atoms with Gasteiger partial charge in [-0.05, 0) is 23.8 Å². The lowest BCUT2D eigenvalue weighted by Gasteiger charge is -2.22. The fraction of sp³-hybridized carbons (Fsp3) is 0.200. The molecule has 0 saturated heterocycles. The summed E-state index contributed by atoms with van der Waals surface area (Å²) in [5.41, 5.74) is 6.78. The van der Waals surface area contributed by atoms with E-state index in [0.717, 1.165) is 5.56 Å². The van der Waals surface area contributed by atoms with Gasteiger partial charge in [0.05, 0.1) is 5.75 Å². The van der Waals surface area contributed by atoms with Crippen LogP contribution in [0.5, 0.6) is 0 Å². The van der Waals surface area contributed by atoms with Gasteiger partial charge in [-0.25, -0.2) is 4.39 Å². The molecule has 0 unspecified atom stereocenters. The first-order chi connectivity index (χ1) is 14.5. The molecule has 1 aromatic heterocycles. The van der Waals surface area contributed by atoms with Crippen LogP contribution < -0.4 is 11.1 Å². The van der Waals surface area contributed by atoms with E-state index in [0.29, 0.717) is 21.7 Å². The van der Waals surface area contributed by atoms with Gasteiger partial charge in [-0.2, -0.15) is 0 Å². The summed E-state index contributed by atoms with van der Waals surface area (Å²) >= 11 is 2.53. The number of hydrogen-bond donors (Lipinski definition) is 2. The maximum Gasteiger partial charge on any atom is 0.233 e. The largest absolute Gasteiger partial charge is 0.370 e. The van der Waals surface area contributed by atoms with Crippen LogP contribution in [0.1, 0.15) is 12.0 Å². The van der Waals surface area contributed by atoms with Crippen LogP contribution in [0, 0.1) is 5.82 Å². The summed E-state index contributed by atoms with van der Waals surface area (Å²) in [5, 5.41) is 11.6. The third-order valence-corrected chi connectivity index (χ3v) is 5.96. The first-order valence-electron chi connectivity index (χ1n) is 9.08. The molecular formula is C20H20FN5O2S2. The summed E-state index contributed by atoms with van der Waals surface area (Å²) in [6.07, 6.45) is 0.101. The van der Waals surface area contributed by atoms with Crippen LogP contribution in [0.15, 0.2) is 58.9 Å². The molecule has 0 spiro atoms. The van der Waals surface area contributed by atoms with E-state index in [1.54, 1.807) is 17.0 Å². The van der Waals surface area contributed by atoms with Crippen molar-refractivity contribution < 1.29 is 14.0 Å². The topological polar surface area (TPSA) is 101 Å². The number of thioether (sulfide) groups is 1. The van der Waals surface area contributed by atoms with Crippen LogP contribution in [0.4, 0.5) is 15.2 Å². The van der Waals surface area contributed by atoms with Gasteiger partial charge in [-0.3, -0.25) is 9.59 Å². The van der Waals surface area contributed by atoms with E-state index in [4.69, 9.17) is 5.73 Å². The minimum absolute atomic E-state index is 0.101. The predicted octanol–water partition coefficient (Wildman–Crippen LogP) is 3.42. The van der Waals surface area contributed by atoms with Crippen molar-refractivity contribution in [3.63, 3.8) is 0 Å². The number of nitrogens with zero attached hydrogens (tertiary/aromatic N) is 3. The van der Waals surface area contributed by atoms with Gasteiger partial charge < -0.3 is 16.0 Å². The Bertz CT molecular complexity index is 1000. The number of nitrogens with two attached hydrogens (primary N) is 1. The number of anilines is 2. The van der Waals surface area contributed by atoms with E-state index in [1.165, 1.54) is 35.2 Å². The molecule has 0 radical (unpaired) electrons. The summed E-state index contributed by atoms with van der Waals surface area (Å²) in [6, 6.07) is 15.6. The Balaban J connectivity index is 1.57. The standard InChI is InChI=1S/C20H20FN5O2S2/c21-15-7-4-8-16(11-15)23-19-24-25-20(30-19)29-13-18(28)26(10-9-17(22)27)12-14-5-2-1-3-6-14/h1-8,11H,9-10,12-13H2,(H2,22,27)(H,23,24). The Hall–Kier alpha value is -2.98. The Kier molecular flexibility index (Phi) is 7.75. The zero-order valence-electron chi connectivity index (χ0n) is 16.0. The number of rotatable bonds is 10. The number of amides is 2. The van der Waals surface area contributed by atoms with Crippen molar-refractivity contribution in [3.05, 3.63) is 66.0 Å². The zero-order chi connectivity index (χ0) is 21.3. The summed E-state index contributed by atoms with van der Waals surface area (Å²) in [4.78, 5) is 25.5. The van der Waals surface area contributed by atoms with Crippen LogP contribution in [0.3, 0.4) is 0 Å². The first-order valence-corrected chi connectivity index (χ1v) is 10.9. The van der Waals surface area contributed by atoms with Crippen LogP contribution in [-0.4, -0.2) is 39.2 Å². The lowest BCUT2D eigenvalue weighted by molar-refractivity contribution is -0.129. The molecular weight excluding hydrogens is 425 g/mol. The molecule has 156 valence electrons. The molecule has 7 nitrogen and oxygen atoms in total. The van der Waals surface area contributed by atoms with Crippen molar-refractivity contribution in [2.75, 3.05) is 17.6 Å². The molecule has 3 rings (SSSR count). The average Bonchev–Trinajstić information content (AvgIpc) is 3.17. The molecule has 30 heavy (non-hydrogen) atoms. The van der Waals surface area contributed by atoms with E-state index in [2.05, 4.69) is 15.5 Å². The number of halogens is 1. The molecule has 2 amide bonds. The maximum atomic E-state index is 13.3. The molecule has 3 N–H and O–H groups in total. The predicted molar refractivity (Wildman–Crippen MR) is 116 cm³/mol. The SMILES string of the molecule is NC(=O)CCN(Cc1ccccc1)C(=O)CSc1nnc(Nc2cccc(F)c2)s1. The lowest BCUT2D eigenvalue weighted by atomic mass is 10.2. The molecule has 3 aromatic rings. The van der Waals surface area contributed by atoms with Gasteiger partial charge >= 0.3 is 0 Å². The molecule has 1 heterocycles. The third-order valence-electron chi connectivity index (χ3n) is 4.00. The van der Waals surface area contributed by atoms with Crippen LogP contribution >= 0.6 is 23.1 Å². The van der Waals surface area contributed by atoms with Gasteiger partial charge in [0.15, 0.2) is 4.34 Å². The second-order valence-electron chi connectivity index (χ2n) is 6.31. The molecule has 0 aliphatic rings. The third kappa shape index (κ3) is 6.82. The highest BCUT2D eigenvalue weighted by Gasteiger charge is 2.17. The van der Waals surface area contributed by atoms with Crippen molar-refractivity contribution in [1.29, 1.82) is 0 Å². The van der Waals surface area contributed by atoms with Crippen LogP contribution in [0.25, 0.3) is 0 Å². The van der Waals surface area contributed by atoms with Gasteiger partial charge in [0, 0.05) is 25.2 Å². The van der Waals surface area contributed by atoms with Gasteiger partial charge in [0.1, 0.15) is 5.82 Å². The van der Waals surface area contributed by atoms with Gasteiger partial charge in [0.25, 0.3) is 0 Å². The van der Waals surface area contributed by atoms with E-state index in [1.807, 2.05) is 30.3 Å². The summed E-state index contributed by atoms with van der Waals surface area (Å²) in [7, 11) is 0. The van der Waals surface area contributed by atoms with E-state index in [-0.39, 0.29) is 30.4 Å². The summed E-state index contributed by atoms with van der Waals surface area (Å²) in [6.45, 7) is 0.655. The van der Waals surface area contributed by atoms with E-state index >= 15 is 0 Å². The average molecular weight is 446 g/mol. The highest BCUT2D eigenvalue weighted by atomic mass is 32.2. The monoisotopic (exact) mass is 445 g/mol. The van der Waals surface area contributed by atoms with Crippen molar-refractivity contribution in [1.82, 2.24) is 15.1 Å². The molecule has 0 saturated carbocycles. The number of nitrogens with one attached hydrogen (secondary N) is 1. The number of primary amides is 1. The van der Waals surface area contributed by atoms with Gasteiger partial charge in [-0.15, -0.1) is 10.2 Å². The van der Waals surface area contributed by atoms with E-state index in [9.17, 15) is 14.0 Å². The summed E-state index contributed by atoms with van der Waals surface area (Å²) < 4.78 is 13.9. The molecule has 0 aliphatic heterocycles. The highest BCUT2D eigenvalue weighted by Crippen LogP contribution is 2.28. The number of carbonyl (C=O) groups excluding carboxylic acids is 2. The van der Waals surface area contributed by atoms with Crippen molar-refractivity contribution in [2.45, 2.75) is 17.3 Å². The number of benzene rings is 2. The number of aromatic nitrogens is 2. The first kappa shape index (κ1) is 21.7. The molecule has 0 atom stereocenters. The number of hydrogen-bond acceptors (Lipinski definition) is 7. The quantitative estimate of drug-likeness (QED) is 0.464.